The summed E-state index contributed by atoms with van der Waals surface area (Å²) in [4.78, 5) is 28.6. The van der Waals surface area contributed by atoms with Gasteiger partial charge < -0.3 is 15.0 Å². The van der Waals surface area contributed by atoms with Crippen molar-refractivity contribution in [1.82, 2.24) is 10.2 Å². The van der Waals surface area contributed by atoms with Crippen LogP contribution >= 0.6 is 0 Å². The fourth-order valence-corrected chi connectivity index (χ4v) is 5.78. The lowest BCUT2D eigenvalue weighted by Crippen LogP contribution is -2.52. The summed E-state index contributed by atoms with van der Waals surface area (Å²) < 4.78 is 34.5. The third kappa shape index (κ3) is 7.21. The number of sulfonamides is 1. The largest absolute Gasteiger partial charge is 0.497 e. The molecule has 0 spiro atoms. The lowest BCUT2D eigenvalue weighted by molar-refractivity contribution is -0.139. The number of rotatable bonds is 11. The third-order valence-electron chi connectivity index (χ3n) is 6.82. The zero-order valence-electron chi connectivity index (χ0n) is 24.3. The molecule has 0 fully saturated rings. The van der Waals surface area contributed by atoms with Crippen LogP contribution in [-0.2, 0) is 26.2 Å². The lowest BCUT2D eigenvalue weighted by Gasteiger charge is -2.33. The van der Waals surface area contributed by atoms with Crippen LogP contribution in [0.3, 0.4) is 0 Å². The van der Waals surface area contributed by atoms with Crippen molar-refractivity contribution in [3.05, 3.63) is 89.0 Å². The molecule has 0 saturated heterocycles. The molecule has 0 unspecified atom stereocenters. The average Bonchev–Trinajstić information content (AvgIpc) is 2.91. The number of ether oxygens (including phenoxy) is 1. The maximum atomic E-state index is 14.1. The summed E-state index contributed by atoms with van der Waals surface area (Å²) >= 11 is 0. The molecule has 9 heteroatoms. The van der Waals surface area contributed by atoms with Gasteiger partial charge in [-0.25, -0.2) is 8.42 Å². The number of carbonyl (C=O) groups is 2. The summed E-state index contributed by atoms with van der Waals surface area (Å²) in [6, 6.07) is 18.1. The summed E-state index contributed by atoms with van der Waals surface area (Å²) in [5, 5.41) is 2.86. The Labute approximate surface area is 238 Å². The fraction of sp³-hybridized carbons (Fsp3) is 0.355. The van der Waals surface area contributed by atoms with Gasteiger partial charge in [0, 0.05) is 12.6 Å². The molecule has 1 atom stereocenters. The van der Waals surface area contributed by atoms with E-state index in [-0.39, 0.29) is 23.4 Å². The number of hydrogen-bond acceptors (Lipinski definition) is 5. The number of anilines is 1. The van der Waals surface area contributed by atoms with Gasteiger partial charge in [0.25, 0.3) is 10.0 Å². The SMILES string of the molecule is COc1cccc(CN(C(=O)CN(c2cccc(C)c2C)S(=O)(=O)c2ccc(C)cc2)[C@@H](C)C(=O)NC(C)C)c1. The van der Waals surface area contributed by atoms with Gasteiger partial charge in [-0.3, -0.25) is 13.9 Å². The number of benzene rings is 3. The zero-order chi connectivity index (χ0) is 29.6. The first-order valence-corrected chi connectivity index (χ1v) is 14.7. The maximum Gasteiger partial charge on any atom is 0.264 e. The Morgan fingerprint density at radius 2 is 1.57 bits per heavy atom. The van der Waals surface area contributed by atoms with Crippen molar-refractivity contribution in [2.24, 2.45) is 0 Å². The highest BCUT2D eigenvalue weighted by Crippen LogP contribution is 2.29. The van der Waals surface area contributed by atoms with Crippen LogP contribution in [0.1, 0.15) is 43.0 Å². The van der Waals surface area contributed by atoms with Crippen LogP contribution < -0.4 is 14.4 Å². The quantitative estimate of drug-likeness (QED) is 0.362. The molecule has 2 amide bonds. The van der Waals surface area contributed by atoms with Gasteiger partial charge in [-0.05, 0) is 88.6 Å². The molecular weight excluding hydrogens is 526 g/mol. The van der Waals surface area contributed by atoms with Crippen LogP contribution in [0.4, 0.5) is 5.69 Å². The smallest absolute Gasteiger partial charge is 0.264 e. The van der Waals surface area contributed by atoms with Crippen molar-refractivity contribution in [3.63, 3.8) is 0 Å². The molecule has 3 aromatic carbocycles. The minimum atomic E-state index is -4.12. The van der Waals surface area contributed by atoms with Gasteiger partial charge in [0.05, 0.1) is 17.7 Å². The Kier molecular flexibility index (Phi) is 9.98. The molecule has 3 aromatic rings. The van der Waals surface area contributed by atoms with Crippen LogP contribution in [0.15, 0.2) is 71.6 Å². The molecule has 0 aliphatic heterocycles. The lowest BCUT2D eigenvalue weighted by atomic mass is 10.1. The minimum absolute atomic E-state index is 0.0803. The topological polar surface area (TPSA) is 96.0 Å². The van der Waals surface area contributed by atoms with Crippen molar-refractivity contribution in [2.45, 2.75) is 65.1 Å². The van der Waals surface area contributed by atoms with Crippen molar-refractivity contribution < 1.29 is 22.7 Å². The summed E-state index contributed by atoms with van der Waals surface area (Å²) in [6.07, 6.45) is 0. The highest BCUT2D eigenvalue weighted by molar-refractivity contribution is 7.92. The van der Waals surface area contributed by atoms with Crippen LogP contribution in [0.25, 0.3) is 0 Å². The molecular formula is C31H39N3O5S. The van der Waals surface area contributed by atoms with E-state index < -0.39 is 28.5 Å². The number of carbonyl (C=O) groups excluding carboxylic acids is 2. The van der Waals surface area contributed by atoms with Gasteiger partial charge in [-0.15, -0.1) is 0 Å². The predicted molar refractivity (Wildman–Crippen MR) is 158 cm³/mol. The Morgan fingerprint density at radius 3 is 2.20 bits per heavy atom. The molecule has 0 heterocycles. The zero-order valence-corrected chi connectivity index (χ0v) is 25.1. The first-order chi connectivity index (χ1) is 18.8. The number of nitrogens with one attached hydrogen (secondary N) is 1. The second-order valence-electron chi connectivity index (χ2n) is 10.3. The molecule has 40 heavy (non-hydrogen) atoms. The molecule has 8 nitrogen and oxygen atoms in total. The highest BCUT2D eigenvalue weighted by Gasteiger charge is 2.33. The van der Waals surface area contributed by atoms with E-state index in [0.29, 0.717) is 11.4 Å². The third-order valence-corrected chi connectivity index (χ3v) is 8.59. The van der Waals surface area contributed by atoms with Crippen LogP contribution in [-0.4, -0.2) is 50.9 Å². The summed E-state index contributed by atoms with van der Waals surface area (Å²) in [5.74, 6) is -0.222. The van der Waals surface area contributed by atoms with E-state index in [4.69, 9.17) is 4.74 Å². The average molecular weight is 566 g/mol. The Hall–Kier alpha value is -3.85. The van der Waals surface area contributed by atoms with Gasteiger partial charge in [0.1, 0.15) is 18.3 Å². The van der Waals surface area contributed by atoms with E-state index in [1.54, 1.807) is 68.6 Å². The minimum Gasteiger partial charge on any atom is -0.497 e. The van der Waals surface area contributed by atoms with Crippen molar-refractivity contribution in [2.75, 3.05) is 18.0 Å². The second-order valence-corrected chi connectivity index (χ2v) is 12.1. The number of nitrogens with zero attached hydrogens (tertiary/aromatic N) is 2. The standard InChI is InChI=1S/C31H39N3O5S/c1-21(2)32-31(36)25(6)33(19-26-11-9-12-27(18-26)39-7)30(35)20-34(29-13-8-10-23(4)24(29)5)40(37,38)28-16-14-22(3)15-17-28/h8-18,21,25H,19-20H2,1-7H3,(H,32,36)/t25-/m0/s1. The molecule has 0 saturated carbocycles. The molecule has 0 aromatic heterocycles. The molecule has 0 aliphatic rings. The molecule has 1 N–H and O–H groups in total. The normalized spacial score (nSPS) is 12.1. The fourth-order valence-electron chi connectivity index (χ4n) is 4.31. The van der Waals surface area contributed by atoms with Crippen LogP contribution in [0.5, 0.6) is 5.75 Å². The number of methoxy groups -OCH3 is 1. The van der Waals surface area contributed by atoms with E-state index in [9.17, 15) is 18.0 Å². The predicted octanol–water partition coefficient (Wildman–Crippen LogP) is 4.76. The van der Waals surface area contributed by atoms with Gasteiger partial charge in [0.15, 0.2) is 0 Å². The van der Waals surface area contributed by atoms with E-state index >= 15 is 0 Å². The van der Waals surface area contributed by atoms with Crippen molar-refractivity contribution in [3.8, 4) is 5.75 Å². The Morgan fingerprint density at radius 1 is 0.925 bits per heavy atom. The number of amides is 2. The van der Waals surface area contributed by atoms with E-state index in [1.165, 1.54) is 4.90 Å². The Bertz CT molecular complexity index is 1450. The van der Waals surface area contributed by atoms with Crippen molar-refractivity contribution >= 4 is 27.5 Å². The van der Waals surface area contributed by atoms with Crippen molar-refractivity contribution in [1.29, 1.82) is 0 Å². The number of hydrogen-bond donors (Lipinski definition) is 1. The highest BCUT2D eigenvalue weighted by atomic mass is 32.2. The summed E-state index contributed by atoms with van der Waals surface area (Å²) in [7, 11) is -2.57. The Balaban J connectivity index is 2.08. The monoisotopic (exact) mass is 565 g/mol. The second kappa shape index (κ2) is 13.0. The van der Waals surface area contributed by atoms with Gasteiger partial charge in [-0.1, -0.05) is 42.0 Å². The molecule has 214 valence electrons. The molecule has 3 rings (SSSR count). The molecule has 0 radical (unpaired) electrons. The van der Waals surface area contributed by atoms with Gasteiger partial charge in [-0.2, -0.15) is 0 Å². The van der Waals surface area contributed by atoms with E-state index in [0.717, 1.165) is 26.6 Å². The summed E-state index contributed by atoms with van der Waals surface area (Å²) in [5.41, 5.74) is 3.72. The van der Waals surface area contributed by atoms with Gasteiger partial charge in [0.2, 0.25) is 11.8 Å². The van der Waals surface area contributed by atoms with Crippen LogP contribution in [0.2, 0.25) is 0 Å². The van der Waals surface area contributed by atoms with E-state index in [1.807, 2.05) is 46.8 Å². The molecule has 0 bridgehead atoms. The first-order valence-electron chi connectivity index (χ1n) is 13.2. The van der Waals surface area contributed by atoms with Crippen LogP contribution in [0, 0.1) is 20.8 Å². The van der Waals surface area contributed by atoms with Gasteiger partial charge >= 0.3 is 0 Å². The maximum absolute atomic E-state index is 14.1. The van der Waals surface area contributed by atoms with E-state index in [2.05, 4.69) is 5.32 Å². The first kappa shape index (κ1) is 30.7. The summed E-state index contributed by atoms with van der Waals surface area (Å²) in [6.45, 7) is 10.5. The molecule has 0 aliphatic carbocycles. The number of aryl methyl sites for hydroxylation is 2.